The van der Waals surface area contributed by atoms with Gasteiger partial charge in [-0.1, -0.05) is 25.2 Å². The van der Waals surface area contributed by atoms with Gasteiger partial charge in [-0.3, -0.25) is 4.79 Å². The second kappa shape index (κ2) is 8.25. The molecule has 2 aliphatic rings. The number of aliphatic hydroxyl groups excluding tert-OH is 4. The maximum atomic E-state index is 10.6. The number of carbonyl (C=O) groups is 1. The Morgan fingerprint density at radius 1 is 1.29 bits per heavy atom. The third kappa shape index (κ3) is 4.89. The first-order chi connectivity index (χ1) is 11.3. The minimum Gasteiger partial charge on any atom is -0.481 e. The second-order valence-electron chi connectivity index (χ2n) is 7.16. The normalized spacial score (nSPS) is 35.0. The van der Waals surface area contributed by atoms with Gasteiger partial charge in [-0.05, 0) is 36.7 Å². The van der Waals surface area contributed by atoms with Crippen molar-refractivity contribution in [3.63, 3.8) is 0 Å². The Labute approximate surface area is 142 Å². The molecule has 0 saturated heterocycles. The highest BCUT2D eigenvalue weighted by Gasteiger charge is 2.39. The minimum absolute atomic E-state index is 0.0396. The van der Waals surface area contributed by atoms with Crippen LogP contribution in [0.4, 0.5) is 0 Å². The summed E-state index contributed by atoms with van der Waals surface area (Å²) in [5, 5.41) is 48.5. The summed E-state index contributed by atoms with van der Waals surface area (Å²) in [5.74, 6) is -0.743. The minimum atomic E-state index is -1.08. The molecule has 0 spiro atoms. The first-order valence-corrected chi connectivity index (χ1v) is 8.62. The highest BCUT2D eigenvalue weighted by atomic mass is 16.4. The first kappa shape index (κ1) is 19.1. The molecule has 0 saturated carbocycles. The van der Waals surface area contributed by atoms with Crippen LogP contribution in [0.3, 0.4) is 0 Å². The molecular weight excluding hydrogens is 312 g/mol. The summed E-state index contributed by atoms with van der Waals surface area (Å²) < 4.78 is 0. The molecule has 0 aromatic heterocycles. The van der Waals surface area contributed by atoms with E-state index in [1.165, 1.54) is 0 Å². The molecule has 5 N–H and O–H groups in total. The van der Waals surface area contributed by atoms with Gasteiger partial charge in [0.15, 0.2) is 0 Å². The highest BCUT2D eigenvalue weighted by molar-refractivity contribution is 5.67. The fraction of sp³-hybridized carbons (Fsp3) is 0.722. The van der Waals surface area contributed by atoms with E-state index >= 15 is 0 Å². The predicted molar refractivity (Wildman–Crippen MR) is 88.1 cm³/mol. The highest BCUT2D eigenvalue weighted by Crippen LogP contribution is 2.42. The van der Waals surface area contributed by atoms with Crippen LogP contribution >= 0.6 is 0 Å². The van der Waals surface area contributed by atoms with E-state index in [-0.39, 0.29) is 30.6 Å². The lowest BCUT2D eigenvalue weighted by Gasteiger charge is -2.41. The Balaban J connectivity index is 1.94. The topological polar surface area (TPSA) is 118 Å². The van der Waals surface area contributed by atoms with Crippen molar-refractivity contribution < 1.29 is 30.3 Å². The number of hydrogen-bond acceptors (Lipinski definition) is 5. The van der Waals surface area contributed by atoms with Crippen LogP contribution in [0.2, 0.25) is 0 Å². The molecule has 24 heavy (non-hydrogen) atoms. The summed E-state index contributed by atoms with van der Waals surface area (Å²) in [4.78, 5) is 10.6. The van der Waals surface area contributed by atoms with Crippen molar-refractivity contribution in [1.82, 2.24) is 0 Å². The van der Waals surface area contributed by atoms with Crippen LogP contribution < -0.4 is 0 Å². The lowest BCUT2D eigenvalue weighted by atomic mass is 9.66. The van der Waals surface area contributed by atoms with E-state index in [0.717, 1.165) is 5.57 Å². The number of fused-ring (bicyclic) bond motifs is 1. The zero-order valence-electron chi connectivity index (χ0n) is 14.0. The Morgan fingerprint density at radius 2 is 2.00 bits per heavy atom. The van der Waals surface area contributed by atoms with Gasteiger partial charge in [-0.15, -0.1) is 0 Å². The molecule has 2 aliphatic carbocycles. The molecule has 0 bridgehead atoms. The van der Waals surface area contributed by atoms with E-state index < -0.39 is 30.4 Å². The summed E-state index contributed by atoms with van der Waals surface area (Å²) in [5.41, 5.74) is 0.949. The number of carboxylic acid groups (broad SMARTS) is 1. The number of aliphatic hydroxyl groups is 4. The largest absolute Gasteiger partial charge is 0.481 e. The predicted octanol–water partition coefficient (Wildman–Crippen LogP) is 0.843. The molecule has 6 nitrogen and oxygen atoms in total. The van der Waals surface area contributed by atoms with E-state index in [2.05, 4.69) is 13.0 Å². The average Bonchev–Trinajstić information content (AvgIpc) is 2.45. The Kier molecular flexibility index (Phi) is 6.57. The summed E-state index contributed by atoms with van der Waals surface area (Å²) in [7, 11) is 0. The molecule has 1 unspecified atom stereocenters. The molecule has 0 aromatic carbocycles. The van der Waals surface area contributed by atoms with Crippen molar-refractivity contribution >= 4 is 5.97 Å². The zero-order chi connectivity index (χ0) is 17.9. The van der Waals surface area contributed by atoms with E-state index in [1.54, 1.807) is 6.08 Å². The number of hydrogen-bond donors (Lipinski definition) is 5. The molecule has 7 atom stereocenters. The fourth-order valence-electron chi connectivity index (χ4n) is 3.99. The molecule has 2 rings (SSSR count). The maximum absolute atomic E-state index is 10.6. The molecule has 6 heteroatoms. The van der Waals surface area contributed by atoms with Crippen molar-refractivity contribution in [3.05, 3.63) is 23.8 Å². The molecule has 0 amide bonds. The van der Waals surface area contributed by atoms with E-state index in [9.17, 15) is 25.2 Å². The van der Waals surface area contributed by atoms with Crippen molar-refractivity contribution in [2.75, 3.05) is 0 Å². The van der Waals surface area contributed by atoms with Crippen LogP contribution in [0.25, 0.3) is 0 Å². The number of carboxylic acids is 1. The molecule has 0 radical (unpaired) electrons. The monoisotopic (exact) mass is 340 g/mol. The van der Waals surface area contributed by atoms with Gasteiger partial charge in [0.25, 0.3) is 0 Å². The summed E-state index contributed by atoms with van der Waals surface area (Å²) in [6.07, 6.45) is 3.87. The Bertz CT molecular complexity index is 500. The van der Waals surface area contributed by atoms with Crippen LogP contribution in [-0.4, -0.2) is 55.9 Å². The second-order valence-corrected chi connectivity index (χ2v) is 7.16. The summed E-state index contributed by atoms with van der Waals surface area (Å²) in [6, 6.07) is 0. The molecule has 0 aromatic rings. The van der Waals surface area contributed by atoms with Gasteiger partial charge in [0.2, 0.25) is 0 Å². The third-order valence-corrected chi connectivity index (χ3v) is 5.18. The van der Waals surface area contributed by atoms with E-state index in [4.69, 9.17) is 5.11 Å². The third-order valence-electron chi connectivity index (χ3n) is 5.18. The number of aliphatic carboxylic acids is 1. The maximum Gasteiger partial charge on any atom is 0.305 e. The van der Waals surface area contributed by atoms with Crippen molar-refractivity contribution in [2.45, 2.75) is 63.4 Å². The standard InChI is InChI=1S/C18H28O6/c1-10-2-3-11-6-13(20)8-16(22)18(11)15(10)5-4-12(19)7-14(21)9-17(23)24/h2-3,6,10,12-16,18-22H,4-5,7-9H2,1H3,(H,23,24)/t10-,12?,13+,14+,15-,16-,18-/m0/s1. The lowest BCUT2D eigenvalue weighted by Crippen LogP contribution is -2.40. The lowest BCUT2D eigenvalue weighted by molar-refractivity contribution is -0.139. The van der Waals surface area contributed by atoms with Crippen molar-refractivity contribution in [2.24, 2.45) is 17.8 Å². The van der Waals surface area contributed by atoms with Gasteiger partial charge >= 0.3 is 5.97 Å². The van der Waals surface area contributed by atoms with E-state index in [1.807, 2.05) is 6.08 Å². The van der Waals surface area contributed by atoms with Crippen molar-refractivity contribution in [3.8, 4) is 0 Å². The SMILES string of the molecule is C[C@H]1C=CC2=C[C@@H](O)C[C@H](O)[C@@H]2[C@H]1CCC(O)C[C@@H](O)CC(=O)O. The summed E-state index contributed by atoms with van der Waals surface area (Å²) in [6.45, 7) is 2.07. The summed E-state index contributed by atoms with van der Waals surface area (Å²) >= 11 is 0. The smallest absolute Gasteiger partial charge is 0.305 e. The number of allylic oxidation sites excluding steroid dienone is 2. The average molecular weight is 340 g/mol. The molecule has 0 aliphatic heterocycles. The number of rotatable bonds is 7. The quantitative estimate of drug-likeness (QED) is 0.469. The van der Waals surface area contributed by atoms with Gasteiger partial charge < -0.3 is 25.5 Å². The van der Waals surface area contributed by atoms with Crippen LogP contribution in [-0.2, 0) is 4.79 Å². The zero-order valence-corrected chi connectivity index (χ0v) is 14.0. The van der Waals surface area contributed by atoms with Crippen LogP contribution in [0.1, 0.15) is 39.0 Å². The van der Waals surface area contributed by atoms with Gasteiger partial charge in [-0.25, -0.2) is 0 Å². The van der Waals surface area contributed by atoms with Gasteiger partial charge in [0.1, 0.15) is 0 Å². The Morgan fingerprint density at radius 3 is 2.67 bits per heavy atom. The fourth-order valence-corrected chi connectivity index (χ4v) is 3.99. The van der Waals surface area contributed by atoms with Gasteiger partial charge in [-0.2, -0.15) is 0 Å². The molecule has 0 fully saturated rings. The Hall–Kier alpha value is -1.21. The molecule has 0 heterocycles. The van der Waals surface area contributed by atoms with Crippen molar-refractivity contribution in [1.29, 1.82) is 0 Å². The van der Waals surface area contributed by atoms with Crippen LogP contribution in [0.15, 0.2) is 23.8 Å². The van der Waals surface area contributed by atoms with Gasteiger partial charge in [0.05, 0.1) is 30.8 Å². The van der Waals surface area contributed by atoms with Crippen LogP contribution in [0.5, 0.6) is 0 Å². The van der Waals surface area contributed by atoms with E-state index in [0.29, 0.717) is 19.3 Å². The van der Waals surface area contributed by atoms with Gasteiger partial charge in [0, 0.05) is 12.3 Å². The molecular formula is C18H28O6. The molecule has 136 valence electrons. The van der Waals surface area contributed by atoms with Crippen LogP contribution in [0, 0.1) is 17.8 Å². The first-order valence-electron chi connectivity index (χ1n) is 8.62.